The lowest BCUT2D eigenvalue weighted by Crippen LogP contribution is -2.35. The van der Waals surface area contributed by atoms with E-state index in [-0.39, 0.29) is 5.56 Å². The minimum atomic E-state index is -0.851. The topological polar surface area (TPSA) is 101 Å². The van der Waals surface area contributed by atoms with Crippen molar-refractivity contribution in [2.24, 2.45) is 13.0 Å². The molecule has 0 saturated carbocycles. The largest absolute Gasteiger partial charge is 0.481 e. The zero-order valence-corrected chi connectivity index (χ0v) is 12.8. The smallest absolute Gasteiger partial charge is 0.306 e. The Morgan fingerprint density at radius 3 is 2.57 bits per heavy atom. The number of carbonyl (C=O) groups excluding carboxylic acids is 1. The molecule has 1 amide bonds. The van der Waals surface area contributed by atoms with E-state index in [0.717, 1.165) is 4.68 Å². The van der Waals surface area contributed by atoms with Gasteiger partial charge in [-0.15, -0.1) is 0 Å². The van der Waals surface area contributed by atoms with Crippen molar-refractivity contribution >= 4 is 11.9 Å². The molecule has 1 aromatic heterocycles. The van der Waals surface area contributed by atoms with E-state index in [0.29, 0.717) is 30.6 Å². The van der Waals surface area contributed by atoms with Gasteiger partial charge < -0.3 is 10.4 Å². The molecule has 21 heavy (non-hydrogen) atoms. The Kier molecular flexibility index (Phi) is 5.63. The van der Waals surface area contributed by atoms with E-state index in [4.69, 9.17) is 5.11 Å². The zero-order valence-electron chi connectivity index (χ0n) is 12.8. The normalized spacial score (nSPS) is 12.0. The summed E-state index contributed by atoms with van der Waals surface area (Å²) in [6.45, 7) is 5.38. The molecule has 1 heterocycles. The Hall–Kier alpha value is -2.18. The Morgan fingerprint density at radius 2 is 2.00 bits per heavy atom. The molecular weight excluding hydrogens is 274 g/mol. The highest BCUT2D eigenvalue weighted by atomic mass is 16.4. The van der Waals surface area contributed by atoms with Gasteiger partial charge in [0.1, 0.15) is 5.56 Å². The molecule has 0 aromatic carbocycles. The number of carbonyl (C=O) groups is 2. The lowest BCUT2D eigenvalue weighted by Gasteiger charge is -2.11. The summed E-state index contributed by atoms with van der Waals surface area (Å²) in [5.74, 6) is -1.74. The molecule has 1 aromatic rings. The Labute approximate surface area is 123 Å². The maximum atomic E-state index is 12.1. The van der Waals surface area contributed by atoms with Crippen molar-refractivity contribution < 1.29 is 14.7 Å². The van der Waals surface area contributed by atoms with Gasteiger partial charge >= 0.3 is 5.97 Å². The molecule has 0 aliphatic rings. The highest BCUT2D eigenvalue weighted by molar-refractivity contribution is 5.95. The summed E-state index contributed by atoms with van der Waals surface area (Å²) in [6.07, 6.45) is 1.02. The van der Waals surface area contributed by atoms with Gasteiger partial charge in [-0.2, -0.15) is 5.10 Å². The second-order valence-electron chi connectivity index (χ2n) is 5.15. The van der Waals surface area contributed by atoms with Crippen LogP contribution in [0.3, 0.4) is 0 Å². The molecule has 7 heteroatoms. The number of nitrogens with zero attached hydrogens (tertiary/aromatic N) is 2. The van der Waals surface area contributed by atoms with Crippen molar-refractivity contribution in [2.45, 2.75) is 33.6 Å². The molecular formula is C14H21N3O4. The third kappa shape index (κ3) is 4.14. The Morgan fingerprint density at radius 1 is 1.38 bits per heavy atom. The van der Waals surface area contributed by atoms with Crippen LogP contribution in [0.2, 0.25) is 0 Å². The molecule has 1 unspecified atom stereocenters. The first-order chi connectivity index (χ1) is 9.75. The van der Waals surface area contributed by atoms with Gasteiger partial charge in [-0.05, 0) is 32.3 Å². The van der Waals surface area contributed by atoms with Gasteiger partial charge in [-0.25, -0.2) is 4.68 Å². The van der Waals surface area contributed by atoms with E-state index in [9.17, 15) is 14.4 Å². The fourth-order valence-corrected chi connectivity index (χ4v) is 1.94. The first-order valence-corrected chi connectivity index (χ1v) is 6.81. The standard InChI is InChI=1S/C14H21N3O4/c1-8(14(20)21)6-5-7-15-12(18)11-9(2)10(3)16-17(4)13(11)19/h8H,5-7H2,1-4H3,(H,15,18)(H,20,21). The van der Waals surface area contributed by atoms with Gasteiger partial charge in [-0.3, -0.25) is 14.4 Å². The number of aliphatic carboxylic acids is 1. The summed E-state index contributed by atoms with van der Waals surface area (Å²) in [7, 11) is 1.50. The predicted octanol–water partition coefficient (Wildman–Crippen LogP) is 0.628. The van der Waals surface area contributed by atoms with Crippen molar-refractivity contribution in [2.75, 3.05) is 6.54 Å². The lowest BCUT2D eigenvalue weighted by atomic mass is 10.1. The number of nitrogens with one attached hydrogen (secondary N) is 1. The number of rotatable bonds is 6. The number of aryl methyl sites for hydroxylation is 2. The van der Waals surface area contributed by atoms with Crippen molar-refractivity contribution in [3.63, 3.8) is 0 Å². The molecule has 0 fully saturated rings. The Bertz CT molecular complexity index is 607. The molecule has 2 N–H and O–H groups in total. The highest BCUT2D eigenvalue weighted by Crippen LogP contribution is 2.07. The van der Waals surface area contributed by atoms with Crippen LogP contribution in [-0.2, 0) is 11.8 Å². The SMILES string of the molecule is Cc1nn(C)c(=O)c(C(=O)NCCCC(C)C(=O)O)c1C. The molecule has 0 aliphatic heterocycles. The van der Waals surface area contributed by atoms with E-state index >= 15 is 0 Å². The van der Waals surface area contributed by atoms with Gasteiger partial charge in [-0.1, -0.05) is 6.92 Å². The third-order valence-electron chi connectivity index (χ3n) is 3.47. The van der Waals surface area contributed by atoms with Gasteiger partial charge in [0.05, 0.1) is 11.6 Å². The summed E-state index contributed by atoms with van der Waals surface area (Å²) in [6, 6.07) is 0. The van der Waals surface area contributed by atoms with Crippen LogP contribution in [0.4, 0.5) is 0 Å². The first kappa shape index (κ1) is 16.9. The number of aromatic nitrogens is 2. The number of carboxylic acid groups (broad SMARTS) is 1. The van der Waals surface area contributed by atoms with Crippen LogP contribution in [0, 0.1) is 19.8 Å². The third-order valence-corrected chi connectivity index (χ3v) is 3.47. The second-order valence-corrected chi connectivity index (χ2v) is 5.15. The van der Waals surface area contributed by atoms with Crippen LogP contribution in [0.15, 0.2) is 4.79 Å². The van der Waals surface area contributed by atoms with Gasteiger partial charge in [0, 0.05) is 13.6 Å². The predicted molar refractivity (Wildman–Crippen MR) is 77.3 cm³/mol. The molecule has 1 rings (SSSR count). The van der Waals surface area contributed by atoms with Crippen LogP contribution >= 0.6 is 0 Å². The molecule has 0 radical (unpaired) electrons. The monoisotopic (exact) mass is 295 g/mol. The van der Waals surface area contributed by atoms with Gasteiger partial charge in [0.25, 0.3) is 11.5 Å². The number of carboxylic acids is 1. The van der Waals surface area contributed by atoms with Crippen LogP contribution < -0.4 is 10.9 Å². The molecule has 7 nitrogen and oxygen atoms in total. The van der Waals surface area contributed by atoms with E-state index in [1.54, 1.807) is 20.8 Å². The summed E-state index contributed by atoms with van der Waals surface area (Å²) in [5.41, 5.74) is 0.849. The van der Waals surface area contributed by atoms with Crippen LogP contribution in [-0.4, -0.2) is 33.3 Å². The van der Waals surface area contributed by atoms with E-state index in [1.165, 1.54) is 7.05 Å². The number of hydrogen-bond acceptors (Lipinski definition) is 4. The number of amides is 1. The molecule has 116 valence electrons. The van der Waals surface area contributed by atoms with Crippen LogP contribution in [0.5, 0.6) is 0 Å². The summed E-state index contributed by atoms with van der Waals surface area (Å²) < 4.78 is 1.14. The summed E-state index contributed by atoms with van der Waals surface area (Å²) in [4.78, 5) is 34.8. The van der Waals surface area contributed by atoms with E-state index < -0.39 is 23.4 Å². The van der Waals surface area contributed by atoms with Crippen molar-refractivity contribution in [1.82, 2.24) is 15.1 Å². The minimum absolute atomic E-state index is 0.0938. The van der Waals surface area contributed by atoms with Crippen LogP contribution in [0.1, 0.15) is 41.4 Å². The fourth-order valence-electron chi connectivity index (χ4n) is 1.94. The minimum Gasteiger partial charge on any atom is -0.481 e. The van der Waals surface area contributed by atoms with E-state index in [1.807, 2.05) is 0 Å². The molecule has 0 aliphatic carbocycles. The van der Waals surface area contributed by atoms with Gasteiger partial charge in [0.15, 0.2) is 0 Å². The zero-order chi connectivity index (χ0) is 16.2. The molecule has 0 spiro atoms. The van der Waals surface area contributed by atoms with Crippen molar-refractivity contribution in [1.29, 1.82) is 0 Å². The van der Waals surface area contributed by atoms with Gasteiger partial charge in [0.2, 0.25) is 0 Å². The number of hydrogen-bond donors (Lipinski definition) is 2. The lowest BCUT2D eigenvalue weighted by molar-refractivity contribution is -0.141. The fraction of sp³-hybridized carbons (Fsp3) is 0.571. The quantitative estimate of drug-likeness (QED) is 0.749. The average molecular weight is 295 g/mol. The van der Waals surface area contributed by atoms with Crippen molar-refractivity contribution in [3.05, 3.63) is 27.2 Å². The Balaban J connectivity index is 2.70. The van der Waals surface area contributed by atoms with Crippen molar-refractivity contribution in [3.8, 4) is 0 Å². The molecule has 0 saturated heterocycles. The summed E-state index contributed by atoms with van der Waals surface area (Å²) >= 11 is 0. The molecule has 0 bridgehead atoms. The summed E-state index contributed by atoms with van der Waals surface area (Å²) in [5, 5.41) is 15.4. The first-order valence-electron chi connectivity index (χ1n) is 6.81. The molecule has 1 atom stereocenters. The van der Waals surface area contributed by atoms with Crippen LogP contribution in [0.25, 0.3) is 0 Å². The maximum Gasteiger partial charge on any atom is 0.306 e. The second kappa shape index (κ2) is 7.01. The maximum absolute atomic E-state index is 12.1. The average Bonchev–Trinajstić information content (AvgIpc) is 2.41. The van der Waals surface area contributed by atoms with E-state index in [2.05, 4.69) is 10.4 Å². The highest BCUT2D eigenvalue weighted by Gasteiger charge is 2.17.